The second-order valence-electron chi connectivity index (χ2n) is 6.42. The predicted octanol–water partition coefficient (Wildman–Crippen LogP) is 3.65. The van der Waals surface area contributed by atoms with Crippen molar-refractivity contribution in [3.8, 4) is 0 Å². The molecule has 2 aromatic carbocycles. The Hall–Kier alpha value is -4.20. The first-order valence-corrected chi connectivity index (χ1v) is 9.19. The molecule has 8 heteroatoms. The van der Waals surface area contributed by atoms with Gasteiger partial charge < -0.3 is 21.3 Å². The number of aryl methyl sites for hydroxylation is 1. The van der Waals surface area contributed by atoms with Gasteiger partial charge in [-0.3, -0.25) is 14.6 Å². The van der Waals surface area contributed by atoms with Gasteiger partial charge in [0.05, 0.1) is 11.3 Å². The molecule has 1 aromatic heterocycles. The molecular formula is C22H21N5O3. The summed E-state index contributed by atoms with van der Waals surface area (Å²) in [6.45, 7) is 1.82. The Balaban J connectivity index is 1.77. The summed E-state index contributed by atoms with van der Waals surface area (Å²) in [7, 11) is 1.52. The maximum Gasteiger partial charge on any atom is 0.318 e. The molecule has 0 aliphatic carbocycles. The van der Waals surface area contributed by atoms with Crippen molar-refractivity contribution in [2.45, 2.75) is 6.92 Å². The van der Waals surface area contributed by atoms with E-state index >= 15 is 0 Å². The molecule has 0 saturated carbocycles. The average molecular weight is 403 g/mol. The summed E-state index contributed by atoms with van der Waals surface area (Å²) in [5.74, 6) is -0.693. The third-order valence-electron chi connectivity index (χ3n) is 4.33. The van der Waals surface area contributed by atoms with Crippen LogP contribution < -0.4 is 21.3 Å². The van der Waals surface area contributed by atoms with Crippen molar-refractivity contribution in [3.05, 3.63) is 83.7 Å². The van der Waals surface area contributed by atoms with Crippen LogP contribution in [0.4, 0.5) is 21.9 Å². The first kappa shape index (κ1) is 20.5. The van der Waals surface area contributed by atoms with Crippen LogP contribution in [0.2, 0.25) is 0 Å². The van der Waals surface area contributed by atoms with E-state index in [2.05, 4.69) is 26.3 Å². The lowest BCUT2D eigenvalue weighted by molar-refractivity contribution is 0.102. The standard InChI is InChI=1S/C22H21N5O3/c1-14-4-3-5-18(19(14)27-20(28)15-10-12-24-13-11-15)21(29)25-16-6-8-17(9-7-16)26-22(30)23-2/h3-13H,1-2H3,(H,25,29)(H,27,28)(H2,23,26,30). The number of hydrogen-bond donors (Lipinski definition) is 4. The van der Waals surface area contributed by atoms with Crippen molar-refractivity contribution in [1.29, 1.82) is 0 Å². The lowest BCUT2D eigenvalue weighted by Gasteiger charge is -2.14. The minimum Gasteiger partial charge on any atom is -0.341 e. The smallest absolute Gasteiger partial charge is 0.318 e. The first-order valence-electron chi connectivity index (χ1n) is 9.19. The van der Waals surface area contributed by atoms with Crippen molar-refractivity contribution in [2.24, 2.45) is 0 Å². The van der Waals surface area contributed by atoms with Crippen molar-refractivity contribution in [1.82, 2.24) is 10.3 Å². The number of aromatic nitrogens is 1. The van der Waals surface area contributed by atoms with E-state index in [9.17, 15) is 14.4 Å². The minimum absolute atomic E-state index is 0.328. The summed E-state index contributed by atoms with van der Waals surface area (Å²) in [5.41, 5.74) is 3.12. The Morgan fingerprint density at radius 2 is 1.40 bits per heavy atom. The van der Waals surface area contributed by atoms with E-state index in [0.717, 1.165) is 5.56 Å². The zero-order chi connectivity index (χ0) is 21.5. The minimum atomic E-state index is -0.365. The van der Waals surface area contributed by atoms with Crippen LogP contribution in [0.15, 0.2) is 67.0 Å². The zero-order valence-electron chi connectivity index (χ0n) is 16.5. The normalized spacial score (nSPS) is 10.1. The van der Waals surface area contributed by atoms with Crippen molar-refractivity contribution < 1.29 is 14.4 Å². The molecule has 4 amide bonds. The highest BCUT2D eigenvalue weighted by atomic mass is 16.2. The molecule has 8 nitrogen and oxygen atoms in total. The summed E-state index contributed by atoms with van der Waals surface area (Å²) >= 11 is 0. The van der Waals surface area contributed by atoms with Gasteiger partial charge in [-0.2, -0.15) is 0 Å². The van der Waals surface area contributed by atoms with Gasteiger partial charge in [0, 0.05) is 36.4 Å². The second-order valence-corrected chi connectivity index (χ2v) is 6.42. The highest BCUT2D eigenvalue weighted by Crippen LogP contribution is 2.23. The summed E-state index contributed by atoms with van der Waals surface area (Å²) < 4.78 is 0. The summed E-state index contributed by atoms with van der Waals surface area (Å²) in [6, 6.07) is 14.8. The van der Waals surface area contributed by atoms with Gasteiger partial charge in [0.25, 0.3) is 11.8 Å². The van der Waals surface area contributed by atoms with Gasteiger partial charge in [-0.15, -0.1) is 0 Å². The van der Waals surface area contributed by atoms with Gasteiger partial charge in [-0.05, 0) is 55.0 Å². The van der Waals surface area contributed by atoms with Gasteiger partial charge in [0.2, 0.25) is 0 Å². The number of carbonyl (C=O) groups excluding carboxylic acids is 3. The molecule has 0 radical (unpaired) electrons. The fourth-order valence-electron chi connectivity index (χ4n) is 2.74. The molecule has 0 unspecified atom stereocenters. The van der Waals surface area contributed by atoms with Crippen molar-refractivity contribution in [3.63, 3.8) is 0 Å². The Labute approximate surface area is 173 Å². The molecule has 0 saturated heterocycles. The van der Waals surface area contributed by atoms with Gasteiger partial charge in [0.15, 0.2) is 0 Å². The highest BCUT2D eigenvalue weighted by Gasteiger charge is 2.16. The van der Waals surface area contributed by atoms with Gasteiger partial charge in [-0.25, -0.2) is 4.79 Å². The SMILES string of the molecule is CNC(=O)Nc1ccc(NC(=O)c2cccc(C)c2NC(=O)c2ccncc2)cc1. The molecule has 0 aliphatic rings. The maximum absolute atomic E-state index is 12.9. The van der Waals surface area contributed by atoms with E-state index in [0.29, 0.717) is 28.2 Å². The summed E-state index contributed by atoms with van der Waals surface area (Å²) in [5, 5.41) is 10.7. The van der Waals surface area contributed by atoms with Crippen LogP contribution in [0.1, 0.15) is 26.3 Å². The van der Waals surface area contributed by atoms with E-state index in [-0.39, 0.29) is 17.8 Å². The first-order chi connectivity index (χ1) is 14.5. The second kappa shape index (κ2) is 9.33. The molecule has 4 N–H and O–H groups in total. The lowest BCUT2D eigenvalue weighted by atomic mass is 10.1. The number of anilines is 3. The molecule has 3 aromatic rings. The van der Waals surface area contributed by atoms with Crippen molar-refractivity contribution in [2.75, 3.05) is 23.0 Å². The molecule has 0 spiro atoms. The number of urea groups is 1. The molecule has 0 atom stereocenters. The summed E-state index contributed by atoms with van der Waals surface area (Å²) in [4.78, 5) is 40.7. The van der Waals surface area contributed by atoms with Crippen LogP contribution in [0.25, 0.3) is 0 Å². The molecule has 0 aliphatic heterocycles. The number of hydrogen-bond acceptors (Lipinski definition) is 4. The van der Waals surface area contributed by atoms with E-state index in [1.54, 1.807) is 48.5 Å². The Kier molecular flexibility index (Phi) is 6.39. The lowest BCUT2D eigenvalue weighted by Crippen LogP contribution is -2.24. The van der Waals surface area contributed by atoms with Crippen LogP contribution in [-0.4, -0.2) is 29.9 Å². The van der Waals surface area contributed by atoms with Crippen LogP contribution in [0.5, 0.6) is 0 Å². The zero-order valence-corrected chi connectivity index (χ0v) is 16.5. The molecule has 0 bridgehead atoms. The van der Waals surface area contributed by atoms with Crippen LogP contribution in [-0.2, 0) is 0 Å². The highest BCUT2D eigenvalue weighted by molar-refractivity contribution is 6.13. The number of benzene rings is 2. The van der Waals surface area contributed by atoms with Crippen LogP contribution in [0, 0.1) is 6.92 Å². The van der Waals surface area contributed by atoms with E-state index in [4.69, 9.17) is 0 Å². The van der Waals surface area contributed by atoms with Crippen molar-refractivity contribution >= 4 is 34.9 Å². The Morgan fingerprint density at radius 3 is 2.03 bits per heavy atom. The summed E-state index contributed by atoms with van der Waals surface area (Å²) in [6.07, 6.45) is 3.06. The molecule has 0 fully saturated rings. The monoisotopic (exact) mass is 403 g/mol. The third kappa shape index (κ3) is 4.99. The number of nitrogens with zero attached hydrogens (tertiary/aromatic N) is 1. The number of amides is 4. The Morgan fingerprint density at radius 1 is 0.767 bits per heavy atom. The largest absolute Gasteiger partial charge is 0.341 e. The third-order valence-corrected chi connectivity index (χ3v) is 4.33. The molecule has 30 heavy (non-hydrogen) atoms. The number of pyridine rings is 1. The van der Waals surface area contributed by atoms with Crippen LogP contribution in [0.3, 0.4) is 0 Å². The quantitative estimate of drug-likeness (QED) is 0.521. The van der Waals surface area contributed by atoms with Gasteiger partial charge in [0.1, 0.15) is 0 Å². The molecule has 1 heterocycles. The fourth-order valence-corrected chi connectivity index (χ4v) is 2.74. The predicted molar refractivity (Wildman–Crippen MR) is 116 cm³/mol. The van der Waals surface area contributed by atoms with Gasteiger partial charge >= 0.3 is 6.03 Å². The molecule has 152 valence electrons. The topological polar surface area (TPSA) is 112 Å². The number of nitrogens with one attached hydrogen (secondary N) is 4. The number of carbonyl (C=O) groups is 3. The average Bonchev–Trinajstić information content (AvgIpc) is 2.76. The van der Waals surface area contributed by atoms with Gasteiger partial charge in [-0.1, -0.05) is 12.1 Å². The maximum atomic E-state index is 12.9. The number of para-hydroxylation sites is 1. The van der Waals surface area contributed by atoms with E-state index in [1.165, 1.54) is 19.4 Å². The molecule has 3 rings (SSSR count). The Bertz CT molecular complexity index is 1070. The number of rotatable bonds is 5. The fraction of sp³-hybridized carbons (Fsp3) is 0.0909. The van der Waals surface area contributed by atoms with E-state index in [1.807, 2.05) is 13.0 Å². The molecular weight excluding hydrogens is 382 g/mol. The van der Waals surface area contributed by atoms with E-state index < -0.39 is 0 Å². The van der Waals surface area contributed by atoms with Crippen LogP contribution >= 0.6 is 0 Å².